The fourth-order valence-corrected chi connectivity index (χ4v) is 4.62. The molecule has 0 aliphatic carbocycles. The summed E-state index contributed by atoms with van der Waals surface area (Å²) >= 11 is 0. The fourth-order valence-electron chi connectivity index (χ4n) is 4.62. The first-order valence-corrected chi connectivity index (χ1v) is 12.5. The third-order valence-corrected chi connectivity index (χ3v) is 6.51. The molecule has 0 aromatic heterocycles. The van der Waals surface area contributed by atoms with E-state index in [9.17, 15) is 54.2 Å². The molecule has 0 bridgehead atoms. The number of amides is 2. The van der Waals surface area contributed by atoms with Crippen molar-refractivity contribution in [2.24, 2.45) is 0 Å². The van der Waals surface area contributed by atoms with Gasteiger partial charge in [0.2, 0.25) is 0 Å². The Morgan fingerprint density at radius 3 is 1.95 bits per heavy atom. The van der Waals surface area contributed by atoms with E-state index < -0.39 is 78.1 Å². The lowest BCUT2D eigenvalue weighted by molar-refractivity contribution is -0.161. The lowest BCUT2D eigenvalue weighted by Crippen LogP contribution is -2.48. The quantitative estimate of drug-likeness (QED) is 0.251. The van der Waals surface area contributed by atoms with Gasteiger partial charge in [-0.2, -0.15) is 44.6 Å². The van der Waals surface area contributed by atoms with Gasteiger partial charge in [-0.05, 0) is 68.1 Å². The van der Waals surface area contributed by atoms with E-state index in [0.717, 1.165) is 11.0 Å². The molecule has 2 amide bonds. The molecular weight excluding hydrogens is 591 g/mol. The van der Waals surface area contributed by atoms with Crippen molar-refractivity contribution in [1.29, 1.82) is 0 Å². The number of anilines is 1. The summed E-state index contributed by atoms with van der Waals surface area (Å²) in [4.78, 5) is 31.3. The van der Waals surface area contributed by atoms with Crippen LogP contribution in [0.25, 0.3) is 0 Å². The molecule has 2 atom stereocenters. The van der Waals surface area contributed by atoms with E-state index in [4.69, 9.17) is 9.57 Å². The van der Waals surface area contributed by atoms with Crippen molar-refractivity contribution in [3.63, 3.8) is 0 Å². The van der Waals surface area contributed by atoms with Gasteiger partial charge in [-0.25, -0.2) is 9.59 Å². The first kappa shape index (κ1) is 32.8. The van der Waals surface area contributed by atoms with Gasteiger partial charge in [0.25, 0.3) is 0 Å². The molecule has 2 aromatic rings. The Labute approximate surface area is 233 Å². The Hall–Kier alpha value is -3.69. The number of carbonyl (C=O) groups excluding carboxylic acids is 1. The zero-order chi connectivity index (χ0) is 31.6. The number of hydrogen-bond acceptors (Lipinski definition) is 4. The van der Waals surface area contributed by atoms with E-state index in [1.165, 1.54) is 6.92 Å². The molecule has 0 radical (unpaired) electrons. The second-order valence-corrected chi connectivity index (χ2v) is 9.26. The number of rotatable bonds is 7. The van der Waals surface area contributed by atoms with Crippen LogP contribution in [0.5, 0.6) is 0 Å². The Balaban J connectivity index is 1.98. The van der Waals surface area contributed by atoms with Crippen molar-refractivity contribution in [3.05, 3.63) is 64.2 Å². The highest BCUT2D eigenvalue weighted by molar-refractivity contribution is 5.90. The summed E-state index contributed by atoms with van der Waals surface area (Å²) in [5.41, 5.74) is -5.11. The van der Waals surface area contributed by atoms with E-state index in [-0.39, 0.29) is 36.8 Å². The number of hydrogen-bond donors (Lipinski definition) is 1. The number of hydroxylamine groups is 2. The summed E-state index contributed by atoms with van der Waals surface area (Å²) in [6.45, 7) is 2.36. The number of halogens is 9. The molecule has 232 valence electrons. The zero-order valence-electron chi connectivity index (χ0n) is 22.0. The molecule has 0 spiro atoms. The van der Waals surface area contributed by atoms with E-state index in [1.807, 2.05) is 0 Å². The van der Waals surface area contributed by atoms with Crippen molar-refractivity contribution in [2.45, 2.75) is 63.7 Å². The summed E-state index contributed by atoms with van der Waals surface area (Å²) in [6.07, 6.45) is -18.4. The van der Waals surface area contributed by atoms with Crippen LogP contribution in [-0.2, 0) is 34.5 Å². The Morgan fingerprint density at radius 2 is 1.48 bits per heavy atom. The standard InChI is InChI=1S/C26H25F9N2O5/c1-3-18-13-21(19-12-15(24(27,28)29)5-6-20(19)36(18)23(40)41-4-2)37(22(38)39)42-8-7-14-9-16(25(30,31)32)11-17(10-14)26(33,34)35/h5-6,9-12,18,21H,3-4,7-8,13H2,1-2H3,(H,38,39). The van der Waals surface area contributed by atoms with Crippen LogP contribution in [-0.4, -0.2) is 41.6 Å². The van der Waals surface area contributed by atoms with Crippen molar-refractivity contribution in [3.8, 4) is 0 Å². The van der Waals surface area contributed by atoms with Crippen LogP contribution in [0.2, 0.25) is 0 Å². The summed E-state index contributed by atoms with van der Waals surface area (Å²) in [7, 11) is 0. The molecule has 16 heteroatoms. The normalized spacial score (nSPS) is 17.5. The topological polar surface area (TPSA) is 79.3 Å². The maximum atomic E-state index is 13.6. The molecule has 7 nitrogen and oxygen atoms in total. The van der Waals surface area contributed by atoms with Crippen LogP contribution in [0.4, 0.5) is 54.8 Å². The number of carbonyl (C=O) groups is 2. The number of benzene rings is 2. The van der Waals surface area contributed by atoms with Gasteiger partial charge in [-0.3, -0.25) is 9.74 Å². The molecule has 42 heavy (non-hydrogen) atoms. The fraction of sp³-hybridized carbons (Fsp3) is 0.462. The van der Waals surface area contributed by atoms with Gasteiger partial charge < -0.3 is 9.84 Å². The third kappa shape index (κ3) is 7.38. The van der Waals surface area contributed by atoms with Gasteiger partial charge in [-0.15, -0.1) is 0 Å². The third-order valence-electron chi connectivity index (χ3n) is 6.51. The molecule has 1 aliphatic heterocycles. The largest absolute Gasteiger partial charge is 0.463 e. The number of carboxylic acid groups (broad SMARTS) is 1. The smallest absolute Gasteiger partial charge is 0.432 e. The lowest BCUT2D eigenvalue weighted by atomic mass is 9.88. The molecule has 1 heterocycles. The molecule has 1 N–H and O–H groups in total. The summed E-state index contributed by atoms with van der Waals surface area (Å²) in [5, 5.41) is 10.2. The SMILES string of the molecule is CCOC(=O)N1c2ccc(C(F)(F)F)cc2C(N(OCCc2cc(C(F)(F)F)cc(C(F)(F)F)c2)C(=O)O)CC1CC. The van der Waals surface area contributed by atoms with Crippen molar-refractivity contribution in [2.75, 3.05) is 18.1 Å². The maximum Gasteiger partial charge on any atom is 0.432 e. The van der Waals surface area contributed by atoms with Gasteiger partial charge in [0, 0.05) is 11.6 Å². The number of ether oxygens (including phenoxy) is 1. The minimum atomic E-state index is -5.11. The first-order valence-electron chi connectivity index (χ1n) is 12.5. The molecule has 2 unspecified atom stereocenters. The molecule has 2 aromatic carbocycles. The predicted octanol–water partition coefficient (Wildman–Crippen LogP) is 8.08. The molecule has 0 saturated heterocycles. The molecular formula is C26H25F9N2O5. The average molecular weight is 616 g/mol. The second-order valence-electron chi connectivity index (χ2n) is 9.26. The second kappa shape index (κ2) is 12.3. The Bertz CT molecular complexity index is 1260. The van der Waals surface area contributed by atoms with E-state index in [0.29, 0.717) is 29.3 Å². The predicted molar refractivity (Wildman–Crippen MR) is 128 cm³/mol. The van der Waals surface area contributed by atoms with Crippen LogP contribution in [0, 0.1) is 0 Å². The molecule has 1 aliphatic rings. The van der Waals surface area contributed by atoms with Crippen LogP contribution in [0.3, 0.4) is 0 Å². The van der Waals surface area contributed by atoms with E-state index in [2.05, 4.69) is 0 Å². The highest BCUT2D eigenvalue weighted by Gasteiger charge is 2.43. The number of fused-ring (bicyclic) bond motifs is 1. The van der Waals surface area contributed by atoms with Crippen molar-refractivity contribution < 1.29 is 63.8 Å². The minimum absolute atomic E-state index is 0.0544. The van der Waals surface area contributed by atoms with Gasteiger partial charge in [0.15, 0.2) is 0 Å². The van der Waals surface area contributed by atoms with Gasteiger partial charge in [0.1, 0.15) is 0 Å². The summed E-state index contributed by atoms with van der Waals surface area (Å²) in [5.74, 6) is 0. The van der Waals surface area contributed by atoms with Crippen LogP contribution >= 0.6 is 0 Å². The minimum Gasteiger partial charge on any atom is -0.463 e. The Kier molecular flexibility index (Phi) is 9.59. The van der Waals surface area contributed by atoms with Crippen LogP contribution in [0.1, 0.15) is 60.5 Å². The lowest BCUT2D eigenvalue weighted by Gasteiger charge is -2.42. The molecule has 3 rings (SSSR count). The summed E-state index contributed by atoms with van der Waals surface area (Å²) < 4.78 is 125. The summed E-state index contributed by atoms with van der Waals surface area (Å²) in [6, 6.07) is 1.01. The van der Waals surface area contributed by atoms with E-state index >= 15 is 0 Å². The van der Waals surface area contributed by atoms with E-state index in [1.54, 1.807) is 6.92 Å². The molecule has 0 fully saturated rings. The monoisotopic (exact) mass is 616 g/mol. The van der Waals surface area contributed by atoms with Crippen molar-refractivity contribution >= 4 is 17.9 Å². The number of alkyl halides is 9. The van der Waals surface area contributed by atoms with Gasteiger partial charge in [-0.1, -0.05) is 6.92 Å². The molecule has 0 saturated carbocycles. The number of nitrogens with zero attached hydrogens (tertiary/aromatic N) is 2. The highest BCUT2D eigenvalue weighted by Crippen LogP contribution is 2.44. The van der Waals surface area contributed by atoms with Gasteiger partial charge >= 0.3 is 30.7 Å². The zero-order valence-corrected chi connectivity index (χ0v) is 22.0. The average Bonchev–Trinajstić information content (AvgIpc) is 2.88. The van der Waals surface area contributed by atoms with Crippen LogP contribution < -0.4 is 4.90 Å². The Morgan fingerprint density at radius 1 is 0.905 bits per heavy atom. The highest BCUT2D eigenvalue weighted by atomic mass is 19.4. The maximum absolute atomic E-state index is 13.6. The van der Waals surface area contributed by atoms with Crippen molar-refractivity contribution in [1.82, 2.24) is 5.06 Å². The van der Waals surface area contributed by atoms with Crippen LogP contribution in [0.15, 0.2) is 36.4 Å². The van der Waals surface area contributed by atoms with Gasteiger partial charge in [0.05, 0.1) is 41.6 Å². The first-order chi connectivity index (χ1) is 19.4.